The van der Waals surface area contributed by atoms with E-state index in [0.29, 0.717) is 12.2 Å². The molecule has 3 fully saturated rings. The number of nitrogens with two attached hydrogens (primary N) is 1. The minimum Gasteiger partial charge on any atom is -0.375 e. The van der Waals surface area contributed by atoms with Gasteiger partial charge in [0.05, 0.1) is 17.7 Å². The molecule has 0 radical (unpaired) electrons. The highest BCUT2D eigenvalue weighted by molar-refractivity contribution is 5.89. The normalized spacial score (nSPS) is 34.0. The molecule has 2 N–H and O–H groups in total. The van der Waals surface area contributed by atoms with Gasteiger partial charge < -0.3 is 15.4 Å². The van der Waals surface area contributed by atoms with E-state index in [9.17, 15) is 4.79 Å². The van der Waals surface area contributed by atoms with Gasteiger partial charge in [0.1, 0.15) is 0 Å². The van der Waals surface area contributed by atoms with Gasteiger partial charge in [-0.15, -0.1) is 0 Å². The van der Waals surface area contributed by atoms with Crippen molar-refractivity contribution in [1.82, 2.24) is 4.90 Å². The highest BCUT2D eigenvalue weighted by Crippen LogP contribution is 2.35. The molecule has 4 heteroatoms. The third-order valence-electron chi connectivity index (χ3n) is 5.29. The molecule has 114 valence electrons. The van der Waals surface area contributed by atoms with Crippen molar-refractivity contribution in [3.63, 3.8) is 0 Å². The minimum absolute atomic E-state index is 0.169. The molecule has 0 atom stereocenters. The Morgan fingerprint density at radius 3 is 2.15 bits per heavy atom. The van der Waals surface area contributed by atoms with Gasteiger partial charge in [-0.1, -0.05) is 6.92 Å². The fourth-order valence-corrected chi connectivity index (χ4v) is 3.50. The first-order valence-corrected chi connectivity index (χ1v) is 8.30. The van der Waals surface area contributed by atoms with E-state index in [4.69, 9.17) is 10.5 Å². The number of amides is 1. The molecule has 1 heterocycles. The average molecular weight is 280 g/mol. The molecular weight excluding hydrogens is 252 g/mol. The summed E-state index contributed by atoms with van der Waals surface area (Å²) in [5, 5.41) is 0. The second kappa shape index (κ2) is 5.64. The van der Waals surface area contributed by atoms with Crippen molar-refractivity contribution in [2.24, 2.45) is 11.7 Å². The summed E-state index contributed by atoms with van der Waals surface area (Å²) >= 11 is 0. The molecule has 1 amide bonds. The smallest absolute Gasteiger partial charge is 0.242 e. The van der Waals surface area contributed by atoms with Crippen molar-refractivity contribution < 1.29 is 9.53 Å². The minimum atomic E-state index is -0.507. The van der Waals surface area contributed by atoms with Crippen molar-refractivity contribution in [2.75, 3.05) is 13.1 Å². The standard InChI is InChI=1S/C16H28N2O2/c1-12-2-4-13(5-3-12)20-14-6-10-18(11-7-14)15(19)16(17)8-9-16/h12-14H,2-11,17H2,1H3. The Morgan fingerprint density at radius 1 is 1.05 bits per heavy atom. The van der Waals surface area contributed by atoms with E-state index in [0.717, 1.165) is 44.7 Å². The van der Waals surface area contributed by atoms with E-state index in [1.54, 1.807) is 0 Å². The van der Waals surface area contributed by atoms with Gasteiger partial charge in [0.2, 0.25) is 5.91 Å². The van der Waals surface area contributed by atoms with Gasteiger partial charge in [-0.3, -0.25) is 4.79 Å². The Kier molecular flexibility index (Phi) is 4.04. The number of carbonyl (C=O) groups excluding carboxylic acids is 1. The fraction of sp³-hybridized carbons (Fsp3) is 0.938. The van der Waals surface area contributed by atoms with Crippen LogP contribution < -0.4 is 5.73 Å². The summed E-state index contributed by atoms with van der Waals surface area (Å²) in [6, 6.07) is 0. The molecule has 3 aliphatic rings. The van der Waals surface area contributed by atoms with Crippen LogP contribution in [0.5, 0.6) is 0 Å². The van der Waals surface area contributed by atoms with Crippen molar-refractivity contribution >= 4 is 5.91 Å². The number of nitrogens with zero attached hydrogens (tertiary/aromatic N) is 1. The van der Waals surface area contributed by atoms with Crippen LogP contribution in [0.4, 0.5) is 0 Å². The van der Waals surface area contributed by atoms with E-state index < -0.39 is 5.54 Å². The first kappa shape index (κ1) is 14.3. The SMILES string of the molecule is CC1CCC(OC2CCN(C(=O)C3(N)CC3)CC2)CC1. The predicted octanol–water partition coefficient (Wildman–Crippen LogP) is 2.06. The van der Waals surface area contributed by atoms with Crippen LogP contribution in [0, 0.1) is 5.92 Å². The Balaban J connectivity index is 1.41. The summed E-state index contributed by atoms with van der Waals surface area (Å²) in [5.41, 5.74) is 5.49. The molecule has 0 spiro atoms. The predicted molar refractivity (Wildman–Crippen MR) is 78.3 cm³/mol. The number of rotatable bonds is 3. The van der Waals surface area contributed by atoms with Gasteiger partial charge in [-0.2, -0.15) is 0 Å². The zero-order valence-electron chi connectivity index (χ0n) is 12.6. The van der Waals surface area contributed by atoms with Crippen LogP contribution in [-0.4, -0.2) is 41.6 Å². The Labute approximate surface area is 122 Å². The first-order chi connectivity index (χ1) is 9.57. The first-order valence-electron chi connectivity index (χ1n) is 8.30. The molecule has 0 aromatic heterocycles. The van der Waals surface area contributed by atoms with Crippen LogP contribution in [0.15, 0.2) is 0 Å². The number of piperidine rings is 1. The Morgan fingerprint density at radius 2 is 1.60 bits per heavy atom. The number of hydrogen-bond donors (Lipinski definition) is 1. The van der Waals surface area contributed by atoms with E-state index in [-0.39, 0.29) is 5.91 Å². The molecule has 1 aliphatic heterocycles. The molecule has 20 heavy (non-hydrogen) atoms. The average Bonchev–Trinajstić information content (AvgIpc) is 3.21. The maximum Gasteiger partial charge on any atom is 0.242 e. The van der Waals surface area contributed by atoms with Crippen LogP contribution in [0.25, 0.3) is 0 Å². The van der Waals surface area contributed by atoms with Crippen LogP contribution in [-0.2, 0) is 9.53 Å². The van der Waals surface area contributed by atoms with E-state index in [1.807, 2.05) is 4.90 Å². The van der Waals surface area contributed by atoms with E-state index >= 15 is 0 Å². The monoisotopic (exact) mass is 280 g/mol. The summed E-state index contributed by atoms with van der Waals surface area (Å²) in [7, 11) is 0. The third kappa shape index (κ3) is 3.17. The molecule has 2 aliphatic carbocycles. The maximum atomic E-state index is 12.2. The molecule has 0 aromatic rings. The van der Waals surface area contributed by atoms with Crippen molar-refractivity contribution in [3.8, 4) is 0 Å². The molecule has 1 saturated heterocycles. The number of carbonyl (C=O) groups is 1. The number of likely N-dealkylation sites (tertiary alicyclic amines) is 1. The summed E-state index contributed by atoms with van der Waals surface area (Å²) in [6.45, 7) is 3.98. The van der Waals surface area contributed by atoms with Gasteiger partial charge >= 0.3 is 0 Å². The Hall–Kier alpha value is -0.610. The quantitative estimate of drug-likeness (QED) is 0.861. The highest BCUT2D eigenvalue weighted by atomic mass is 16.5. The zero-order valence-corrected chi connectivity index (χ0v) is 12.6. The molecule has 3 rings (SSSR count). The van der Waals surface area contributed by atoms with Crippen LogP contribution >= 0.6 is 0 Å². The lowest BCUT2D eigenvalue weighted by Gasteiger charge is -2.36. The number of ether oxygens (including phenoxy) is 1. The summed E-state index contributed by atoms with van der Waals surface area (Å²) in [5.74, 6) is 1.04. The lowest BCUT2D eigenvalue weighted by atomic mass is 9.88. The molecule has 0 unspecified atom stereocenters. The van der Waals surface area contributed by atoms with Crippen LogP contribution in [0.3, 0.4) is 0 Å². The largest absolute Gasteiger partial charge is 0.375 e. The maximum absolute atomic E-state index is 12.2. The third-order valence-corrected chi connectivity index (χ3v) is 5.29. The van der Waals surface area contributed by atoms with Crippen molar-refractivity contribution in [3.05, 3.63) is 0 Å². The molecule has 4 nitrogen and oxygen atoms in total. The molecule has 2 saturated carbocycles. The van der Waals surface area contributed by atoms with Gasteiger partial charge in [0.25, 0.3) is 0 Å². The molecule has 0 aromatic carbocycles. The zero-order chi connectivity index (χ0) is 14.2. The lowest BCUT2D eigenvalue weighted by molar-refractivity contribution is -0.137. The topological polar surface area (TPSA) is 55.6 Å². The van der Waals surface area contributed by atoms with Crippen molar-refractivity contribution in [2.45, 2.75) is 76.0 Å². The fourth-order valence-electron chi connectivity index (χ4n) is 3.50. The summed E-state index contributed by atoms with van der Waals surface area (Å²) < 4.78 is 6.24. The number of hydrogen-bond acceptors (Lipinski definition) is 3. The van der Waals surface area contributed by atoms with Gasteiger partial charge in [-0.05, 0) is 57.3 Å². The summed E-state index contributed by atoms with van der Waals surface area (Å²) in [4.78, 5) is 14.1. The highest BCUT2D eigenvalue weighted by Gasteiger charge is 2.48. The second-order valence-corrected chi connectivity index (χ2v) is 7.17. The van der Waals surface area contributed by atoms with Crippen molar-refractivity contribution in [1.29, 1.82) is 0 Å². The molecule has 0 bridgehead atoms. The van der Waals surface area contributed by atoms with Crippen LogP contribution in [0.1, 0.15) is 58.3 Å². The second-order valence-electron chi connectivity index (χ2n) is 7.17. The summed E-state index contributed by atoms with van der Waals surface area (Å²) in [6.07, 6.45) is 9.54. The Bertz CT molecular complexity index is 351. The van der Waals surface area contributed by atoms with Gasteiger partial charge in [-0.25, -0.2) is 0 Å². The van der Waals surface area contributed by atoms with E-state index in [1.165, 1.54) is 25.7 Å². The van der Waals surface area contributed by atoms with Gasteiger partial charge in [0.15, 0.2) is 0 Å². The van der Waals surface area contributed by atoms with Crippen LogP contribution in [0.2, 0.25) is 0 Å². The van der Waals surface area contributed by atoms with Gasteiger partial charge in [0, 0.05) is 13.1 Å². The molecular formula is C16H28N2O2. The van der Waals surface area contributed by atoms with E-state index in [2.05, 4.69) is 6.92 Å². The lowest BCUT2D eigenvalue weighted by Crippen LogP contribution is -2.50.